The predicted octanol–water partition coefficient (Wildman–Crippen LogP) is 8.34. The average molecular weight is 423 g/mol. The summed E-state index contributed by atoms with van der Waals surface area (Å²) in [6.45, 7) is 11.2. The van der Waals surface area contributed by atoms with E-state index in [0.717, 1.165) is 17.8 Å². The minimum absolute atomic E-state index is 0.358. The van der Waals surface area contributed by atoms with Crippen LogP contribution in [0.25, 0.3) is 6.08 Å². The van der Waals surface area contributed by atoms with Crippen LogP contribution in [0, 0.1) is 0 Å². The maximum absolute atomic E-state index is 5.06. The van der Waals surface area contributed by atoms with E-state index in [9.17, 15) is 0 Å². The van der Waals surface area contributed by atoms with Crippen molar-refractivity contribution in [2.24, 2.45) is 5.10 Å². The lowest BCUT2D eigenvalue weighted by molar-refractivity contribution is 0.832. The Hall–Kier alpha value is -3.13. The van der Waals surface area contributed by atoms with E-state index in [1.54, 1.807) is 0 Å². The number of allylic oxidation sites excluding steroid dienone is 1. The number of fused-ring (bicyclic) bond motifs is 1. The minimum atomic E-state index is 0.358. The highest BCUT2D eigenvalue weighted by Gasteiger charge is 2.24. The third-order valence-electron chi connectivity index (χ3n) is 6.48. The highest BCUT2D eigenvalue weighted by molar-refractivity contribution is 6.02. The first kappa shape index (κ1) is 22.1. The summed E-state index contributed by atoms with van der Waals surface area (Å²) in [6, 6.07) is 25.9. The summed E-state index contributed by atoms with van der Waals surface area (Å²) in [7, 11) is 0. The van der Waals surface area contributed by atoms with Crippen LogP contribution in [-0.4, -0.2) is 5.71 Å². The first-order valence-electron chi connectivity index (χ1n) is 11.7. The van der Waals surface area contributed by atoms with Crippen LogP contribution < -0.4 is 5.43 Å². The first-order chi connectivity index (χ1) is 15.5. The molecular formula is C30H34N2. The molecule has 164 valence electrons. The number of benzene rings is 3. The molecule has 2 heteroatoms. The molecule has 32 heavy (non-hydrogen) atoms. The second kappa shape index (κ2) is 9.56. The van der Waals surface area contributed by atoms with E-state index in [0.29, 0.717) is 17.8 Å². The number of hydrogen-bond acceptors (Lipinski definition) is 2. The van der Waals surface area contributed by atoms with Gasteiger partial charge in [0.05, 0.1) is 11.4 Å². The lowest BCUT2D eigenvalue weighted by Gasteiger charge is -2.21. The van der Waals surface area contributed by atoms with Crippen LogP contribution in [0.1, 0.15) is 86.6 Å². The van der Waals surface area contributed by atoms with Gasteiger partial charge in [0, 0.05) is 12.3 Å². The van der Waals surface area contributed by atoms with Gasteiger partial charge in [-0.2, -0.15) is 5.10 Å². The van der Waals surface area contributed by atoms with Crippen LogP contribution in [0.5, 0.6) is 0 Å². The normalized spacial score (nSPS) is 15.8. The molecule has 0 amide bonds. The Bertz CT molecular complexity index is 1110. The van der Waals surface area contributed by atoms with Gasteiger partial charge in [-0.1, -0.05) is 112 Å². The van der Waals surface area contributed by atoms with E-state index < -0.39 is 0 Å². The molecule has 1 unspecified atom stereocenters. The van der Waals surface area contributed by atoms with Crippen molar-refractivity contribution in [3.05, 3.63) is 106 Å². The minimum Gasteiger partial charge on any atom is -0.278 e. The SMILES string of the molecule is CC1=Cc2ccccc2C1CC(=NNc1c(C(C)C)cccc1C(C)C)c1ccccc1. The van der Waals surface area contributed by atoms with Crippen LogP contribution in [-0.2, 0) is 0 Å². The van der Waals surface area contributed by atoms with Crippen LogP contribution in [0.3, 0.4) is 0 Å². The molecule has 0 aliphatic heterocycles. The second-order valence-corrected chi connectivity index (χ2v) is 9.43. The number of hydrogen-bond donors (Lipinski definition) is 1. The van der Waals surface area contributed by atoms with Gasteiger partial charge in [0.2, 0.25) is 0 Å². The van der Waals surface area contributed by atoms with Crippen molar-refractivity contribution in [3.63, 3.8) is 0 Å². The monoisotopic (exact) mass is 422 g/mol. The number of para-hydroxylation sites is 1. The second-order valence-electron chi connectivity index (χ2n) is 9.43. The van der Waals surface area contributed by atoms with E-state index >= 15 is 0 Å². The van der Waals surface area contributed by atoms with Crippen LogP contribution in [0.15, 0.2) is 83.5 Å². The quantitative estimate of drug-likeness (QED) is 0.300. The maximum Gasteiger partial charge on any atom is 0.0688 e. The standard InChI is InChI=1S/C30H34N2/c1-20(2)25-16-11-17-26(21(3)4)30(25)32-31-29(23-12-7-6-8-13-23)19-28-22(5)18-24-14-9-10-15-27(24)28/h6-18,20-21,28,32H,19H2,1-5H3. The number of hydrazone groups is 1. The van der Waals surface area contributed by atoms with E-state index in [1.807, 2.05) is 0 Å². The van der Waals surface area contributed by atoms with Crippen molar-refractivity contribution >= 4 is 17.5 Å². The molecule has 0 aromatic heterocycles. The van der Waals surface area contributed by atoms with Crippen LogP contribution >= 0.6 is 0 Å². The van der Waals surface area contributed by atoms with Crippen molar-refractivity contribution in [2.75, 3.05) is 5.43 Å². The molecule has 0 radical (unpaired) electrons. The van der Waals surface area contributed by atoms with E-state index in [4.69, 9.17) is 5.10 Å². The molecule has 2 nitrogen and oxygen atoms in total. The molecule has 1 aliphatic rings. The van der Waals surface area contributed by atoms with Gasteiger partial charge in [-0.05, 0) is 46.6 Å². The van der Waals surface area contributed by atoms with E-state index in [2.05, 4.69) is 119 Å². The molecule has 1 atom stereocenters. The van der Waals surface area contributed by atoms with Gasteiger partial charge in [0.1, 0.15) is 0 Å². The third kappa shape index (κ3) is 4.55. The van der Waals surface area contributed by atoms with Gasteiger partial charge in [0.25, 0.3) is 0 Å². The highest BCUT2D eigenvalue weighted by Crippen LogP contribution is 2.39. The summed E-state index contributed by atoms with van der Waals surface area (Å²) < 4.78 is 0. The van der Waals surface area contributed by atoms with E-state index in [1.165, 1.54) is 33.4 Å². The molecule has 0 heterocycles. The number of nitrogens with zero attached hydrogens (tertiary/aromatic N) is 1. The van der Waals surface area contributed by atoms with Gasteiger partial charge in [-0.25, -0.2) is 0 Å². The molecule has 0 fully saturated rings. The summed E-state index contributed by atoms with van der Waals surface area (Å²) in [5.41, 5.74) is 13.7. The molecule has 3 aromatic carbocycles. The highest BCUT2D eigenvalue weighted by atomic mass is 15.3. The maximum atomic E-state index is 5.06. The number of anilines is 1. The fraction of sp³-hybridized carbons (Fsp3) is 0.300. The van der Waals surface area contributed by atoms with Crippen LogP contribution in [0.4, 0.5) is 5.69 Å². The zero-order valence-electron chi connectivity index (χ0n) is 19.9. The number of nitrogens with one attached hydrogen (secondary N) is 1. The molecule has 0 spiro atoms. The lowest BCUT2D eigenvalue weighted by atomic mass is 9.89. The van der Waals surface area contributed by atoms with Crippen molar-refractivity contribution in [1.29, 1.82) is 0 Å². The Morgan fingerprint density at radius 2 is 1.44 bits per heavy atom. The predicted molar refractivity (Wildman–Crippen MR) is 139 cm³/mol. The summed E-state index contributed by atoms with van der Waals surface area (Å²) >= 11 is 0. The summed E-state index contributed by atoms with van der Waals surface area (Å²) in [5.74, 6) is 1.22. The Balaban J connectivity index is 1.73. The zero-order valence-corrected chi connectivity index (χ0v) is 19.9. The van der Waals surface area contributed by atoms with Crippen molar-refractivity contribution in [2.45, 2.75) is 58.8 Å². The largest absolute Gasteiger partial charge is 0.278 e. The lowest BCUT2D eigenvalue weighted by Crippen LogP contribution is -2.12. The van der Waals surface area contributed by atoms with Gasteiger partial charge < -0.3 is 0 Å². The van der Waals surface area contributed by atoms with Crippen LogP contribution in [0.2, 0.25) is 0 Å². The fourth-order valence-electron chi connectivity index (χ4n) is 4.68. The third-order valence-corrected chi connectivity index (χ3v) is 6.48. The topological polar surface area (TPSA) is 24.4 Å². The van der Waals surface area contributed by atoms with Crippen molar-refractivity contribution < 1.29 is 0 Å². The molecule has 0 bridgehead atoms. The molecule has 3 aromatic rings. The van der Waals surface area contributed by atoms with Gasteiger partial charge in [-0.15, -0.1) is 0 Å². The number of rotatable bonds is 7. The molecule has 1 aliphatic carbocycles. The van der Waals surface area contributed by atoms with Gasteiger partial charge in [-0.3, -0.25) is 5.43 Å². The molecule has 0 saturated heterocycles. The Labute approximate surface area is 193 Å². The van der Waals surface area contributed by atoms with E-state index in [-0.39, 0.29) is 0 Å². The average Bonchev–Trinajstić information content (AvgIpc) is 3.11. The van der Waals surface area contributed by atoms with Gasteiger partial charge in [0.15, 0.2) is 0 Å². The Morgan fingerprint density at radius 1 is 0.812 bits per heavy atom. The Kier molecular flexibility index (Phi) is 6.60. The summed E-state index contributed by atoms with van der Waals surface area (Å²) in [4.78, 5) is 0. The van der Waals surface area contributed by atoms with Crippen molar-refractivity contribution in [3.8, 4) is 0 Å². The molecular weight excluding hydrogens is 388 g/mol. The summed E-state index contributed by atoms with van der Waals surface area (Å²) in [6.07, 6.45) is 3.19. The fourth-order valence-corrected chi connectivity index (χ4v) is 4.68. The molecule has 1 N–H and O–H groups in total. The molecule has 4 rings (SSSR count). The molecule has 0 saturated carbocycles. The Morgan fingerprint density at radius 3 is 2.09 bits per heavy atom. The first-order valence-corrected chi connectivity index (χ1v) is 11.7. The van der Waals surface area contributed by atoms with Gasteiger partial charge >= 0.3 is 0 Å². The zero-order chi connectivity index (χ0) is 22.7. The smallest absolute Gasteiger partial charge is 0.0688 e. The van der Waals surface area contributed by atoms with Crippen molar-refractivity contribution in [1.82, 2.24) is 0 Å². The summed E-state index contributed by atoms with van der Waals surface area (Å²) in [5, 5.41) is 5.06.